The Hall–Kier alpha value is -1.36. The van der Waals surface area contributed by atoms with E-state index < -0.39 is 9.84 Å². The number of halogens is 1. The van der Waals surface area contributed by atoms with Gasteiger partial charge in [0.2, 0.25) is 5.91 Å². The smallest absolute Gasteiger partial charge is 0.221 e. The third kappa shape index (κ3) is 8.84. The number of nitrogens with zero attached hydrogens (tertiary/aromatic N) is 1. The number of carbonyl (C=O) groups is 1. The zero-order valence-corrected chi connectivity index (χ0v) is 19.1. The monoisotopic (exact) mass is 496 g/mol. The van der Waals surface area contributed by atoms with E-state index in [-0.39, 0.29) is 35.9 Å². The second-order valence-corrected chi connectivity index (χ2v) is 8.18. The van der Waals surface area contributed by atoms with Crippen molar-refractivity contribution in [3.63, 3.8) is 0 Å². The molecule has 0 heterocycles. The van der Waals surface area contributed by atoms with Gasteiger partial charge in [0.05, 0.1) is 4.90 Å². The first kappa shape index (κ1) is 24.6. The van der Waals surface area contributed by atoms with E-state index in [2.05, 4.69) is 20.9 Å². The van der Waals surface area contributed by atoms with Gasteiger partial charge in [-0.15, -0.1) is 24.0 Å². The van der Waals surface area contributed by atoms with E-state index in [4.69, 9.17) is 0 Å². The van der Waals surface area contributed by atoms with Crippen molar-refractivity contribution in [2.24, 2.45) is 4.99 Å². The summed E-state index contributed by atoms with van der Waals surface area (Å²) in [4.78, 5) is 16.0. The minimum absolute atomic E-state index is 0. The lowest BCUT2D eigenvalue weighted by Crippen LogP contribution is -2.39. The molecular weight excluding hydrogens is 467 g/mol. The van der Waals surface area contributed by atoms with Crippen LogP contribution in [-0.4, -0.2) is 46.2 Å². The summed E-state index contributed by atoms with van der Waals surface area (Å²) in [6.45, 7) is 6.60. The number of carbonyl (C=O) groups excluding carboxylic acids is 1. The van der Waals surface area contributed by atoms with Gasteiger partial charge in [-0.3, -0.25) is 9.79 Å². The number of hydrogen-bond acceptors (Lipinski definition) is 4. The lowest BCUT2D eigenvalue weighted by Gasteiger charge is -2.13. The van der Waals surface area contributed by atoms with Crippen molar-refractivity contribution in [3.8, 4) is 0 Å². The maximum atomic E-state index is 11.6. The molecule has 26 heavy (non-hydrogen) atoms. The quantitative estimate of drug-likeness (QED) is 0.303. The van der Waals surface area contributed by atoms with Crippen LogP contribution >= 0.6 is 24.0 Å². The summed E-state index contributed by atoms with van der Waals surface area (Å²) in [5.41, 5.74) is 1.67. The van der Waals surface area contributed by atoms with Crippen molar-refractivity contribution in [2.45, 2.75) is 44.7 Å². The Morgan fingerprint density at radius 2 is 1.88 bits per heavy atom. The number of amides is 1. The lowest BCUT2D eigenvalue weighted by atomic mass is 10.1. The highest BCUT2D eigenvalue weighted by Crippen LogP contribution is 2.16. The van der Waals surface area contributed by atoms with Gasteiger partial charge in [0.25, 0.3) is 0 Å². The Morgan fingerprint density at radius 1 is 1.23 bits per heavy atom. The third-order valence-corrected chi connectivity index (χ3v) is 4.67. The molecule has 3 N–H and O–H groups in total. The van der Waals surface area contributed by atoms with E-state index in [1.165, 1.54) is 6.26 Å². The maximum Gasteiger partial charge on any atom is 0.221 e. The Morgan fingerprint density at radius 3 is 2.38 bits per heavy atom. The van der Waals surface area contributed by atoms with Gasteiger partial charge in [-0.25, -0.2) is 8.42 Å². The third-order valence-electron chi connectivity index (χ3n) is 3.42. The molecule has 0 saturated carbocycles. The van der Waals surface area contributed by atoms with Crippen LogP contribution in [0.15, 0.2) is 28.1 Å². The number of nitrogens with one attached hydrogen (secondary N) is 3. The highest BCUT2D eigenvalue weighted by Gasteiger charge is 2.11. The van der Waals surface area contributed by atoms with E-state index in [1.54, 1.807) is 26.1 Å². The first-order chi connectivity index (χ1) is 11.6. The summed E-state index contributed by atoms with van der Waals surface area (Å²) < 4.78 is 23.3. The normalized spacial score (nSPS) is 11.7. The van der Waals surface area contributed by atoms with Crippen LogP contribution in [0, 0.1) is 6.92 Å². The SMILES string of the molecule is CN=C(NCCC(=O)NC(C)C)NCc1ccc(S(C)(=O)=O)c(C)c1.I. The molecule has 0 aromatic heterocycles. The molecule has 1 aromatic rings. The molecule has 1 aromatic carbocycles. The summed E-state index contributed by atoms with van der Waals surface area (Å²) in [6.07, 6.45) is 1.56. The van der Waals surface area contributed by atoms with Gasteiger partial charge < -0.3 is 16.0 Å². The van der Waals surface area contributed by atoms with Gasteiger partial charge >= 0.3 is 0 Å². The fourth-order valence-electron chi connectivity index (χ4n) is 2.33. The maximum absolute atomic E-state index is 11.6. The van der Waals surface area contributed by atoms with Crippen molar-refractivity contribution >= 4 is 45.7 Å². The van der Waals surface area contributed by atoms with Crippen LogP contribution in [0.3, 0.4) is 0 Å². The van der Waals surface area contributed by atoms with E-state index in [0.717, 1.165) is 11.1 Å². The fraction of sp³-hybridized carbons (Fsp3) is 0.529. The van der Waals surface area contributed by atoms with Crippen molar-refractivity contribution in [1.29, 1.82) is 0 Å². The minimum Gasteiger partial charge on any atom is -0.356 e. The van der Waals surface area contributed by atoms with Crippen LogP contribution in [-0.2, 0) is 21.2 Å². The number of aliphatic imine (C=N–C) groups is 1. The number of guanidine groups is 1. The van der Waals surface area contributed by atoms with Gasteiger partial charge in [-0.2, -0.15) is 0 Å². The van der Waals surface area contributed by atoms with Gasteiger partial charge in [0, 0.05) is 38.9 Å². The summed E-state index contributed by atoms with van der Waals surface area (Å²) in [7, 11) is -1.56. The van der Waals surface area contributed by atoms with Crippen molar-refractivity contribution in [3.05, 3.63) is 29.3 Å². The summed E-state index contributed by atoms with van der Waals surface area (Å²) >= 11 is 0. The van der Waals surface area contributed by atoms with Crippen molar-refractivity contribution < 1.29 is 13.2 Å². The second-order valence-electron chi connectivity index (χ2n) is 6.20. The predicted octanol–water partition coefficient (Wildman–Crippen LogP) is 1.60. The fourth-order valence-corrected chi connectivity index (χ4v) is 3.29. The summed E-state index contributed by atoms with van der Waals surface area (Å²) in [5, 5.41) is 9.05. The molecule has 0 radical (unpaired) electrons. The molecule has 0 fully saturated rings. The molecule has 0 saturated heterocycles. The Balaban J connectivity index is 0.00000625. The highest BCUT2D eigenvalue weighted by atomic mass is 127. The molecular formula is C17H29IN4O3S. The van der Waals surface area contributed by atoms with Crippen LogP contribution in [0.25, 0.3) is 0 Å². The molecule has 0 bridgehead atoms. The molecule has 7 nitrogen and oxygen atoms in total. The molecule has 0 aliphatic heterocycles. The molecule has 1 rings (SSSR count). The second kappa shape index (κ2) is 11.4. The van der Waals surface area contributed by atoms with Gasteiger partial charge in [0.15, 0.2) is 15.8 Å². The topological polar surface area (TPSA) is 99.7 Å². The molecule has 9 heteroatoms. The molecule has 1 amide bonds. The number of benzene rings is 1. The standard InChI is InChI=1S/C17H28N4O3S.HI/c1-12(2)21-16(22)8-9-19-17(18-4)20-11-14-6-7-15(13(3)10-14)25(5,23)24;/h6-7,10,12H,8-9,11H2,1-5H3,(H,21,22)(H2,18,19,20);1H. The lowest BCUT2D eigenvalue weighted by molar-refractivity contribution is -0.121. The van der Waals surface area contributed by atoms with Crippen LogP contribution in [0.5, 0.6) is 0 Å². The zero-order valence-electron chi connectivity index (χ0n) is 15.9. The molecule has 0 aliphatic carbocycles. The first-order valence-electron chi connectivity index (χ1n) is 8.17. The van der Waals surface area contributed by atoms with Crippen LogP contribution in [0.1, 0.15) is 31.4 Å². The number of aryl methyl sites for hydroxylation is 1. The number of sulfone groups is 1. The minimum atomic E-state index is -3.21. The molecule has 0 atom stereocenters. The number of rotatable bonds is 7. The van der Waals surface area contributed by atoms with Crippen molar-refractivity contribution in [2.75, 3.05) is 19.8 Å². The van der Waals surface area contributed by atoms with Gasteiger partial charge in [-0.1, -0.05) is 12.1 Å². The van der Waals surface area contributed by atoms with E-state index in [0.29, 0.717) is 30.4 Å². The molecule has 0 unspecified atom stereocenters. The summed E-state index contributed by atoms with van der Waals surface area (Å²) in [6, 6.07) is 5.36. The molecule has 0 spiro atoms. The average Bonchev–Trinajstić information content (AvgIpc) is 2.48. The molecule has 148 valence electrons. The van der Waals surface area contributed by atoms with E-state index in [9.17, 15) is 13.2 Å². The van der Waals surface area contributed by atoms with Crippen LogP contribution in [0.4, 0.5) is 0 Å². The van der Waals surface area contributed by atoms with Crippen LogP contribution in [0.2, 0.25) is 0 Å². The Kier molecular flexibility index (Phi) is 10.8. The van der Waals surface area contributed by atoms with E-state index in [1.807, 2.05) is 19.9 Å². The largest absolute Gasteiger partial charge is 0.356 e. The van der Waals surface area contributed by atoms with E-state index >= 15 is 0 Å². The average molecular weight is 496 g/mol. The highest BCUT2D eigenvalue weighted by molar-refractivity contribution is 14.0. The summed E-state index contributed by atoms with van der Waals surface area (Å²) in [5.74, 6) is 0.576. The van der Waals surface area contributed by atoms with Gasteiger partial charge in [0.1, 0.15) is 0 Å². The number of hydrogen-bond donors (Lipinski definition) is 3. The van der Waals surface area contributed by atoms with Crippen molar-refractivity contribution in [1.82, 2.24) is 16.0 Å². The first-order valence-corrected chi connectivity index (χ1v) is 10.1. The predicted molar refractivity (Wildman–Crippen MR) is 116 cm³/mol. The Labute approximate surface area is 173 Å². The Bertz CT molecular complexity index is 734. The van der Waals surface area contributed by atoms with Gasteiger partial charge in [-0.05, 0) is 38.0 Å². The molecule has 0 aliphatic rings. The zero-order chi connectivity index (χ0) is 19.0. The van der Waals surface area contributed by atoms with Crippen LogP contribution < -0.4 is 16.0 Å².